The molecule has 0 radical (unpaired) electrons. The summed E-state index contributed by atoms with van der Waals surface area (Å²) in [5.41, 5.74) is 6.49. The molecule has 2 atom stereocenters. The van der Waals surface area contributed by atoms with Gasteiger partial charge in [-0.2, -0.15) is 0 Å². The highest BCUT2D eigenvalue weighted by Gasteiger charge is 2.27. The van der Waals surface area contributed by atoms with Crippen LogP contribution in [0.5, 0.6) is 0 Å². The van der Waals surface area contributed by atoms with Gasteiger partial charge in [0.05, 0.1) is 0 Å². The summed E-state index contributed by atoms with van der Waals surface area (Å²) in [5, 5.41) is 0. The maximum absolute atomic E-state index is 13.5. The molecule has 0 saturated heterocycles. The van der Waals surface area contributed by atoms with Crippen molar-refractivity contribution in [1.29, 1.82) is 0 Å². The van der Waals surface area contributed by atoms with Crippen LogP contribution in [0.1, 0.15) is 31.2 Å². The second kappa shape index (κ2) is 5.44. The van der Waals surface area contributed by atoms with Crippen LogP contribution < -0.4 is 5.73 Å². The molecule has 2 heteroatoms. The minimum Gasteiger partial charge on any atom is -0.330 e. The molecule has 1 aliphatic rings. The molecule has 16 heavy (non-hydrogen) atoms. The Labute approximate surface area is 96.9 Å². The Morgan fingerprint density at radius 3 is 2.69 bits per heavy atom. The van der Waals surface area contributed by atoms with Gasteiger partial charge in [-0.25, -0.2) is 4.39 Å². The van der Waals surface area contributed by atoms with E-state index in [-0.39, 0.29) is 5.82 Å². The number of halogens is 1. The van der Waals surface area contributed by atoms with E-state index in [1.807, 2.05) is 12.1 Å². The topological polar surface area (TPSA) is 26.0 Å². The van der Waals surface area contributed by atoms with Crippen molar-refractivity contribution < 1.29 is 4.39 Å². The maximum atomic E-state index is 13.5. The molecule has 0 aliphatic heterocycles. The fourth-order valence-electron chi connectivity index (χ4n) is 2.92. The Balaban J connectivity index is 2.01. The van der Waals surface area contributed by atoms with Gasteiger partial charge in [-0.05, 0) is 49.3 Å². The van der Waals surface area contributed by atoms with Gasteiger partial charge in [-0.15, -0.1) is 0 Å². The SMILES string of the molecule is NCCC1CCCC1Cc1ccccc1F. The molecule has 1 aliphatic carbocycles. The summed E-state index contributed by atoms with van der Waals surface area (Å²) in [6.07, 6.45) is 5.77. The summed E-state index contributed by atoms with van der Waals surface area (Å²) in [6.45, 7) is 0.762. The normalized spacial score (nSPS) is 24.9. The van der Waals surface area contributed by atoms with Crippen molar-refractivity contribution in [3.05, 3.63) is 35.6 Å². The average molecular weight is 221 g/mol. The van der Waals surface area contributed by atoms with Crippen molar-refractivity contribution in [2.24, 2.45) is 17.6 Å². The van der Waals surface area contributed by atoms with E-state index in [9.17, 15) is 4.39 Å². The highest BCUT2D eigenvalue weighted by Crippen LogP contribution is 2.36. The van der Waals surface area contributed by atoms with Gasteiger partial charge >= 0.3 is 0 Å². The second-order valence-corrected chi connectivity index (χ2v) is 4.82. The van der Waals surface area contributed by atoms with E-state index < -0.39 is 0 Å². The first kappa shape index (κ1) is 11.6. The van der Waals surface area contributed by atoms with Crippen LogP contribution in [0.15, 0.2) is 24.3 Å². The average Bonchev–Trinajstić information content (AvgIpc) is 2.70. The van der Waals surface area contributed by atoms with Gasteiger partial charge in [0.1, 0.15) is 5.82 Å². The molecule has 1 fully saturated rings. The van der Waals surface area contributed by atoms with Gasteiger partial charge < -0.3 is 5.73 Å². The Hall–Kier alpha value is -0.890. The van der Waals surface area contributed by atoms with Gasteiger partial charge in [0.2, 0.25) is 0 Å². The van der Waals surface area contributed by atoms with E-state index >= 15 is 0 Å². The van der Waals surface area contributed by atoms with Gasteiger partial charge in [0, 0.05) is 0 Å². The fraction of sp³-hybridized carbons (Fsp3) is 0.571. The monoisotopic (exact) mass is 221 g/mol. The lowest BCUT2D eigenvalue weighted by atomic mass is 9.87. The summed E-state index contributed by atoms with van der Waals surface area (Å²) in [7, 11) is 0. The van der Waals surface area contributed by atoms with E-state index in [0.717, 1.165) is 24.9 Å². The number of hydrogen-bond acceptors (Lipinski definition) is 1. The quantitative estimate of drug-likeness (QED) is 0.830. The summed E-state index contributed by atoms with van der Waals surface area (Å²) in [6, 6.07) is 7.14. The standard InChI is InChI=1S/C14H20FN/c15-14-7-2-1-4-13(14)10-12-6-3-5-11(12)8-9-16/h1-2,4,7,11-12H,3,5-6,8-10,16H2. The van der Waals surface area contributed by atoms with Gasteiger partial charge in [0.15, 0.2) is 0 Å². The molecular formula is C14H20FN. The molecule has 88 valence electrons. The predicted molar refractivity (Wildman–Crippen MR) is 64.6 cm³/mol. The lowest BCUT2D eigenvalue weighted by Gasteiger charge is -2.19. The molecule has 2 unspecified atom stereocenters. The van der Waals surface area contributed by atoms with Crippen molar-refractivity contribution in [3.63, 3.8) is 0 Å². The molecule has 2 rings (SSSR count). The molecule has 1 aromatic carbocycles. The fourth-order valence-corrected chi connectivity index (χ4v) is 2.92. The van der Waals surface area contributed by atoms with Crippen molar-refractivity contribution in [3.8, 4) is 0 Å². The van der Waals surface area contributed by atoms with Crippen molar-refractivity contribution in [1.82, 2.24) is 0 Å². The maximum Gasteiger partial charge on any atom is 0.126 e. The van der Waals surface area contributed by atoms with Crippen molar-refractivity contribution in [2.45, 2.75) is 32.1 Å². The van der Waals surface area contributed by atoms with E-state index in [1.165, 1.54) is 19.3 Å². The Morgan fingerprint density at radius 2 is 1.94 bits per heavy atom. The molecule has 1 saturated carbocycles. The first-order valence-electron chi connectivity index (χ1n) is 6.24. The van der Waals surface area contributed by atoms with Crippen LogP contribution in [-0.4, -0.2) is 6.54 Å². The van der Waals surface area contributed by atoms with Crippen LogP contribution in [0.25, 0.3) is 0 Å². The molecule has 0 aromatic heterocycles. The van der Waals surface area contributed by atoms with Gasteiger partial charge in [0.25, 0.3) is 0 Å². The molecule has 0 amide bonds. The van der Waals surface area contributed by atoms with E-state index in [1.54, 1.807) is 12.1 Å². The number of benzene rings is 1. The molecule has 1 nitrogen and oxygen atoms in total. The number of hydrogen-bond donors (Lipinski definition) is 1. The summed E-state index contributed by atoms with van der Waals surface area (Å²) in [4.78, 5) is 0. The molecule has 2 N–H and O–H groups in total. The Bertz CT molecular complexity index is 337. The van der Waals surface area contributed by atoms with Crippen LogP contribution in [0, 0.1) is 17.7 Å². The number of nitrogens with two attached hydrogens (primary N) is 1. The van der Waals surface area contributed by atoms with E-state index in [2.05, 4.69) is 0 Å². The molecule has 0 heterocycles. The Kier molecular flexibility index (Phi) is 3.94. The molecular weight excluding hydrogens is 201 g/mol. The predicted octanol–water partition coefficient (Wildman–Crippen LogP) is 3.13. The van der Waals surface area contributed by atoms with Crippen molar-refractivity contribution >= 4 is 0 Å². The first-order valence-corrected chi connectivity index (χ1v) is 6.24. The highest BCUT2D eigenvalue weighted by molar-refractivity contribution is 5.18. The third kappa shape index (κ3) is 2.62. The lowest BCUT2D eigenvalue weighted by Crippen LogP contribution is -2.15. The van der Waals surface area contributed by atoms with Crippen LogP contribution in [0.4, 0.5) is 4.39 Å². The molecule has 1 aromatic rings. The smallest absolute Gasteiger partial charge is 0.126 e. The van der Waals surface area contributed by atoms with Gasteiger partial charge in [-0.1, -0.05) is 31.0 Å². The number of rotatable bonds is 4. The van der Waals surface area contributed by atoms with Crippen LogP contribution >= 0.6 is 0 Å². The molecule has 0 spiro atoms. The highest BCUT2D eigenvalue weighted by atomic mass is 19.1. The van der Waals surface area contributed by atoms with E-state index in [0.29, 0.717) is 11.8 Å². The first-order chi connectivity index (χ1) is 7.81. The minimum atomic E-state index is -0.0547. The zero-order valence-corrected chi connectivity index (χ0v) is 9.66. The zero-order chi connectivity index (χ0) is 11.4. The third-order valence-corrected chi connectivity index (χ3v) is 3.79. The third-order valence-electron chi connectivity index (χ3n) is 3.79. The summed E-state index contributed by atoms with van der Waals surface area (Å²) >= 11 is 0. The molecule has 0 bridgehead atoms. The Morgan fingerprint density at radius 1 is 1.19 bits per heavy atom. The lowest BCUT2D eigenvalue weighted by molar-refractivity contribution is 0.363. The zero-order valence-electron chi connectivity index (χ0n) is 9.66. The van der Waals surface area contributed by atoms with Crippen LogP contribution in [0.3, 0.4) is 0 Å². The minimum absolute atomic E-state index is 0.0547. The second-order valence-electron chi connectivity index (χ2n) is 4.82. The summed E-state index contributed by atoms with van der Waals surface area (Å²) in [5.74, 6) is 1.30. The van der Waals surface area contributed by atoms with Crippen molar-refractivity contribution in [2.75, 3.05) is 6.54 Å². The van der Waals surface area contributed by atoms with E-state index in [4.69, 9.17) is 5.73 Å². The largest absolute Gasteiger partial charge is 0.330 e. The van der Waals surface area contributed by atoms with Crippen LogP contribution in [0.2, 0.25) is 0 Å². The van der Waals surface area contributed by atoms with Crippen LogP contribution in [-0.2, 0) is 6.42 Å². The van der Waals surface area contributed by atoms with Gasteiger partial charge in [-0.3, -0.25) is 0 Å². The summed E-state index contributed by atoms with van der Waals surface area (Å²) < 4.78 is 13.5.